The van der Waals surface area contributed by atoms with Crippen LogP contribution in [0, 0.1) is 5.82 Å². The van der Waals surface area contributed by atoms with Crippen molar-refractivity contribution in [3.63, 3.8) is 0 Å². The second-order valence-corrected chi connectivity index (χ2v) is 9.05. The van der Waals surface area contributed by atoms with Crippen molar-refractivity contribution in [2.75, 3.05) is 23.7 Å². The Hall–Kier alpha value is -4.12. The van der Waals surface area contributed by atoms with Gasteiger partial charge in [-0.3, -0.25) is 18.7 Å². The zero-order chi connectivity index (χ0) is 25.6. The highest BCUT2D eigenvalue weighted by Crippen LogP contribution is 2.33. The van der Waals surface area contributed by atoms with E-state index in [1.807, 2.05) is 6.07 Å². The Balaban J connectivity index is 1.84. The van der Waals surface area contributed by atoms with Crippen LogP contribution in [-0.4, -0.2) is 34.6 Å². The summed E-state index contributed by atoms with van der Waals surface area (Å²) in [6, 6.07) is 12.8. The van der Waals surface area contributed by atoms with E-state index < -0.39 is 22.6 Å². The number of nitrogens with zero attached hydrogens (tertiary/aromatic N) is 3. The largest absolute Gasteiger partial charge is 0.384 e. The van der Waals surface area contributed by atoms with Crippen molar-refractivity contribution in [1.82, 2.24) is 13.7 Å². The first-order chi connectivity index (χ1) is 17.3. The van der Waals surface area contributed by atoms with Gasteiger partial charge < -0.3 is 16.4 Å². The summed E-state index contributed by atoms with van der Waals surface area (Å²) < 4.78 is 18.6. The van der Waals surface area contributed by atoms with Crippen LogP contribution in [0.5, 0.6) is 0 Å². The Morgan fingerprint density at radius 3 is 2.56 bits per heavy atom. The van der Waals surface area contributed by atoms with Crippen LogP contribution < -0.4 is 38.6 Å². The number of hydrogen-bond acceptors (Lipinski definition) is 6. The van der Waals surface area contributed by atoms with Gasteiger partial charge in [0.05, 0.1) is 17.1 Å². The number of aromatic nitrogens is 3. The van der Waals surface area contributed by atoms with E-state index >= 15 is 0 Å². The minimum atomic E-state index is -0.528. The van der Waals surface area contributed by atoms with Crippen molar-refractivity contribution in [2.45, 2.75) is 18.9 Å². The monoisotopic (exact) mass is 488 g/mol. The standard InChI is InChI=1S/C25H26BFN6O3/c1-31-21(34)13-20(30-19-8-5-14(26)11-18(19)27)22-23(31)32(25(36)33(24(22)35)16-6-7-16)17-4-2-3-15(12-17)29-10-9-28/h2-5,8,11-13,16,29-30H,6-7,9-10,26,28H2,1H3. The zero-order valence-electron chi connectivity index (χ0n) is 20.0. The molecule has 0 saturated heterocycles. The average molecular weight is 488 g/mol. The summed E-state index contributed by atoms with van der Waals surface area (Å²) in [5.74, 6) is -0.515. The normalized spacial score (nSPS) is 13.2. The van der Waals surface area contributed by atoms with Gasteiger partial charge in [0, 0.05) is 37.9 Å². The Morgan fingerprint density at radius 2 is 1.86 bits per heavy atom. The summed E-state index contributed by atoms with van der Waals surface area (Å²) in [5, 5.41) is 6.24. The highest BCUT2D eigenvalue weighted by Gasteiger charge is 2.31. The minimum absolute atomic E-state index is 0.123. The molecule has 0 spiro atoms. The molecule has 184 valence electrons. The van der Waals surface area contributed by atoms with Gasteiger partial charge in [0.15, 0.2) is 0 Å². The molecule has 1 aliphatic rings. The van der Waals surface area contributed by atoms with Gasteiger partial charge in [0.25, 0.3) is 11.1 Å². The van der Waals surface area contributed by atoms with E-state index in [0.29, 0.717) is 31.6 Å². The van der Waals surface area contributed by atoms with E-state index in [2.05, 4.69) is 10.6 Å². The molecule has 0 atom stereocenters. The van der Waals surface area contributed by atoms with E-state index in [1.54, 1.807) is 38.2 Å². The van der Waals surface area contributed by atoms with Crippen LogP contribution in [0.15, 0.2) is 62.9 Å². The maximum atomic E-state index is 14.7. The highest BCUT2D eigenvalue weighted by atomic mass is 19.1. The SMILES string of the molecule is Bc1ccc(Nc2cc(=O)n(C)c3c2c(=O)n(C2CC2)c(=O)n3-c2cccc(NCCN)c2)c(F)c1. The van der Waals surface area contributed by atoms with Crippen molar-refractivity contribution in [2.24, 2.45) is 12.8 Å². The fourth-order valence-electron chi connectivity index (χ4n) is 4.39. The van der Waals surface area contributed by atoms with Crippen LogP contribution >= 0.6 is 0 Å². The molecule has 0 unspecified atom stereocenters. The van der Waals surface area contributed by atoms with Crippen molar-refractivity contribution < 1.29 is 4.39 Å². The third-order valence-electron chi connectivity index (χ3n) is 6.33. The predicted octanol–water partition coefficient (Wildman–Crippen LogP) is 0.698. The fraction of sp³-hybridized carbons (Fsp3) is 0.240. The third-order valence-corrected chi connectivity index (χ3v) is 6.33. The first-order valence-electron chi connectivity index (χ1n) is 11.8. The second kappa shape index (κ2) is 9.16. The molecule has 0 aliphatic heterocycles. The molecule has 1 fully saturated rings. The summed E-state index contributed by atoms with van der Waals surface area (Å²) in [4.78, 5) is 40.4. The Bertz CT molecular complexity index is 1670. The molecule has 36 heavy (non-hydrogen) atoms. The van der Waals surface area contributed by atoms with Crippen molar-refractivity contribution in [3.8, 4) is 5.69 Å². The summed E-state index contributed by atoms with van der Waals surface area (Å²) in [5.41, 5.74) is 6.46. The van der Waals surface area contributed by atoms with Gasteiger partial charge in [-0.2, -0.15) is 0 Å². The molecule has 4 N–H and O–H groups in total. The highest BCUT2D eigenvalue weighted by molar-refractivity contribution is 6.32. The quantitative estimate of drug-likeness (QED) is 0.330. The zero-order valence-corrected chi connectivity index (χ0v) is 20.0. The van der Waals surface area contributed by atoms with Crippen molar-refractivity contribution in [1.29, 1.82) is 0 Å². The van der Waals surface area contributed by atoms with E-state index in [1.165, 1.54) is 32.9 Å². The molecular formula is C25H26BFN6O3. The average Bonchev–Trinajstić information content (AvgIpc) is 3.68. The lowest BCUT2D eigenvalue weighted by molar-refractivity contribution is 0.632. The van der Waals surface area contributed by atoms with Gasteiger partial charge in [-0.1, -0.05) is 17.6 Å². The van der Waals surface area contributed by atoms with Gasteiger partial charge in [0.1, 0.15) is 24.7 Å². The second-order valence-electron chi connectivity index (χ2n) is 9.05. The molecule has 5 rings (SSSR count). The fourth-order valence-corrected chi connectivity index (χ4v) is 4.39. The number of aryl methyl sites for hydroxylation is 1. The van der Waals surface area contributed by atoms with Crippen LogP contribution in [0.3, 0.4) is 0 Å². The maximum Gasteiger partial charge on any atom is 0.337 e. The van der Waals surface area contributed by atoms with Crippen LogP contribution in [0.1, 0.15) is 18.9 Å². The van der Waals surface area contributed by atoms with Crippen molar-refractivity contribution >= 4 is 41.4 Å². The summed E-state index contributed by atoms with van der Waals surface area (Å²) in [6.45, 7) is 0.966. The number of hydrogen-bond donors (Lipinski definition) is 3. The third kappa shape index (κ3) is 4.11. The van der Waals surface area contributed by atoms with E-state index in [-0.39, 0.29) is 28.5 Å². The summed E-state index contributed by atoms with van der Waals surface area (Å²) in [6.07, 6.45) is 1.42. The lowest BCUT2D eigenvalue weighted by atomic mass is 9.96. The maximum absolute atomic E-state index is 14.7. The molecule has 2 aromatic carbocycles. The molecule has 2 aromatic heterocycles. The van der Waals surface area contributed by atoms with Gasteiger partial charge >= 0.3 is 5.69 Å². The molecular weight excluding hydrogens is 462 g/mol. The molecule has 9 nitrogen and oxygen atoms in total. The molecule has 1 aliphatic carbocycles. The number of rotatable bonds is 7. The first-order valence-corrected chi connectivity index (χ1v) is 11.8. The topological polar surface area (TPSA) is 116 Å². The van der Waals surface area contributed by atoms with Gasteiger partial charge in [-0.25, -0.2) is 13.8 Å². The molecule has 2 heterocycles. The van der Waals surface area contributed by atoms with Gasteiger partial charge in [-0.15, -0.1) is 0 Å². The Morgan fingerprint density at radius 1 is 1.08 bits per heavy atom. The molecule has 0 radical (unpaired) electrons. The first kappa shape index (κ1) is 23.6. The van der Waals surface area contributed by atoms with Crippen LogP contribution in [-0.2, 0) is 7.05 Å². The summed E-state index contributed by atoms with van der Waals surface area (Å²) >= 11 is 0. The number of nitrogens with two attached hydrogens (primary N) is 1. The lowest BCUT2D eigenvalue weighted by Crippen LogP contribution is -2.41. The van der Waals surface area contributed by atoms with Crippen LogP contribution in [0.2, 0.25) is 0 Å². The van der Waals surface area contributed by atoms with E-state index in [9.17, 15) is 18.8 Å². The van der Waals surface area contributed by atoms with Crippen molar-refractivity contribution in [3.05, 3.63) is 85.5 Å². The van der Waals surface area contributed by atoms with E-state index in [0.717, 1.165) is 11.2 Å². The number of pyridine rings is 1. The van der Waals surface area contributed by atoms with E-state index in [4.69, 9.17) is 5.73 Å². The van der Waals surface area contributed by atoms with Crippen LogP contribution in [0.25, 0.3) is 16.7 Å². The van der Waals surface area contributed by atoms with Gasteiger partial charge in [0.2, 0.25) is 0 Å². The lowest BCUT2D eigenvalue weighted by Gasteiger charge is -2.19. The molecule has 0 bridgehead atoms. The predicted molar refractivity (Wildman–Crippen MR) is 143 cm³/mol. The summed E-state index contributed by atoms with van der Waals surface area (Å²) in [7, 11) is 3.28. The minimum Gasteiger partial charge on any atom is -0.384 e. The number of nitrogens with one attached hydrogen (secondary N) is 2. The number of halogens is 1. The molecule has 11 heteroatoms. The number of anilines is 3. The number of fused-ring (bicyclic) bond motifs is 1. The molecule has 0 amide bonds. The van der Waals surface area contributed by atoms with Gasteiger partial charge in [-0.05, 0) is 43.2 Å². The van der Waals surface area contributed by atoms with Crippen LogP contribution in [0.4, 0.5) is 21.5 Å². The smallest absolute Gasteiger partial charge is 0.337 e. The molecule has 4 aromatic rings. The Labute approximate surface area is 206 Å². The molecule has 1 saturated carbocycles. The Kier molecular flexibility index (Phi) is 6.01. The number of benzene rings is 2.